The van der Waals surface area contributed by atoms with E-state index in [2.05, 4.69) is 4.74 Å². The minimum Gasteiger partial charge on any atom is -0.480 e. The summed E-state index contributed by atoms with van der Waals surface area (Å²) >= 11 is 0. The summed E-state index contributed by atoms with van der Waals surface area (Å²) in [5, 5.41) is 8.27. The number of hydrogen-bond donors (Lipinski definition) is 3. The van der Waals surface area contributed by atoms with Crippen molar-refractivity contribution >= 4 is 5.97 Å². The van der Waals surface area contributed by atoms with Crippen LogP contribution < -0.4 is 11.5 Å². The summed E-state index contributed by atoms with van der Waals surface area (Å²) in [4.78, 5) is 10.1. The molecule has 5 heteroatoms. The maximum absolute atomic E-state index is 10.1. The van der Waals surface area contributed by atoms with Crippen molar-refractivity contribution in [1.29, 1.82) is 0 Å². The van der Waals surface area contributed by atoms with Crippen LogP contribution in [0.4, 0.5) is 0 Å². The summed E-state index contributed by atoms with van der Waals surface area (Å²) in [5.74, 6) is -1.01. The summed E-state index contributed by atoms with van der Waals surface area (Å²) in [6.45, 7) is 0.399. The molecule has 0 aromatic carbocycles. The van der Waals surface area contributed by atoms with Crippen LogP contribution in [0.25, 0.3) is 0 Å². The molecule has 5 nitrogen and oxygen atoms in total. The third-order valence-corrected chi connectivity index (χ3v) is 1.01. The Morgan fingerprint density at radius 2 is 2.30 bits per heavy atom. The molecule has 0 aliphatic rings. The number of carboxylic acids is 1. The predicted octanol–water partition coefficient (Wildman–Crippen LogP) is -1.28. The normalized spacial score (nSPS) is 13.0. The molecule has 60 valence electrons. The van der Waals surface area contributed by atoms with E-state index in [0.717, 1.165) is 0 Å². The van der Waals surface area contributed by atoms with Crippen molar-refractivity contribution in [2.75, 3.05) is 13.3 Å². The van der Waals surface area contributed by atoms with Gasteiger partial charge < -0.3 is 21.3 Å². The van der Waals surface area contributed by atoms with Crippen LogP contribution in [-0.2, 0) is 9.53 Å². The highest BCUT2D eigenvalue weighted by atomic mass is 16.5. The molecule has 0 fully saturated rings. The van der Waals surface area contributed by atoms with Gasteiger partial charge in [-0.3, -0.25) is 4.79 Å². The molecule has 0 amide bonds. The molecular formula is C5H12N2O3. The van der Waals surface area contributed by atoms with E-state index in [1.807, 2.05) is 0 Å². The lowest BCUT2D eigenvalue weighted by atomic mass is 10.2. The lowest BCUT2D eigenvalue weighted by Gasteiger charge is -2.04. The first-order valence-corrected chi connectivity index (χ1v) is 2.94. The summed E-state index contributed by atoms with van der Waals surface area (Å²) in [7, 11) is 0. The van der Waals surface area contributed by atoms with E-state index in [4.69, 9.17) is 16.6 Å². The Morgan fingerprint density at radius 3 is 2.70 bits per heavy atom. The van der Waals surface area contributed by atoms with E-state index in [1.54, 1.807) is 0 Å². The Labute approximate surface area is 58.9 Å². The van der Waals surface area contributed by atoms with E-state index in [0.29, 0.717) is 13.0 Å². The standard InChI is InChI=1S/C5H12N2O3/c6-3-10-2-1-4(7)5(8)9/h4H,1-3,6-7H2,(H,8,9). The fourth-order valence-corrected chi connectivity index (χ4v) is 0.417. The zero-order chi connectivity index (χ0) is 7.98. The van der Waals surface area contributed by atoms with Crippen LogP contribution in [0.1, 0.15) is 6.42 Å². The Kier molecular flexibility index (Phi) is 4.82. The molecular weight excluding hydrogens is 136 g/mol. The molecule has 0 aliphatic carbocycles. The van der Waals surface area contributed by atoms with Gasteiger partial charge in [-0.25, -0.2) is 0 Å². The van der Waals surface area contributed by atoms with Crippen molar-refractivity contribution in [3.05, 3.63) is 0 Å². The Balaban J connectivity index is 3.21. The molecule has 0 aliphatic heterocycles. The molecule has 1 unspecified atom stereocenters. The second-order valence-electron chi connectivity index (χ2n) is 1.81. The molecule has 0 saturated heterocycles. The van der Waals surface area contributed by atoms with E-state index in [9.17, 15) is 4.79 Å². The highest BCUT2D eigenvalue weighted by Gasteiger charge is 2.09. The molecule has 0 saturated carbocycles. The molecule has 0 aromatic heterocycles. The number of hydrogen-bond acceptors (Lipinski definition) is 4. The lowest BCUT2D eigenvalue weighted by Crippen LogP contribution is -2.31. The second kappa shape index (κ2) is 5.16. The maximum Gasteiger partial charge on any atom is 0.320 e. The molecule has 10 heavy (non-hydrogen) atoms. The van der Waals surface area contributed by atoms with Crippen LogP contribution in [0.5, 0.6) is 0 Å². The monoisotopic (exact) mass is 148 g/mol. The summed E-state index contributed by atoms with van der Waals surface area (Å²) in [6.07, 6.45) is 0.298. The molecule has 1 atom stereocenters. The van der Waals surface area contributed by atoms with Crippen molar-refractivity contribution in [2.24, 2.45) is 11.5 Å². The van der Waals surface area contributed by atoms with Gasteiger partial charge in [0.25, 0.3) is 0 Å². The number of carbonyl (C=O) groups is 1. The lowest BCUT2D eigenvalue weighted by molar-refractivity contribution is -0.139. The second-order valence-corrected chi connectivity index (χ2v) is 1.81. The van der Waals surface area contributed by atoms with Crippen LogP contribution in [-0.4, -0.2) is 30.5 Å². The van der Waals surface area contributed by atoms with Gasteiger partial charge in [0.05, 0.1) is 13.3 Å². The predicted molar refractivity (Wildman–Crippen MR) is 35.2 cm³/mol. The third-order valence-electron chi connectivity index (χ3n) is 1.01. The van der Waals surface area contributed by atoms with Gasteiger partial charge in [-0.15, -0.1) is 0 Å². The quantitative estimate of drug-likeness (QED) is 0.333. The summed E-state index contributed by atoms with van der Waals surface area (Å²) in [5.41, 5.74) is 10.1. The van der Waals surface area contributed by atoms with Crippen LogP contribution in [0.15, 0.2) is 0 Å². The van der Waals surface area contributed by atoms with Gasteiger partial charge in [-0.2, -0.15) is 0 Å². The van der Waals surface area contributed by atoms with Gasteiger partial charge in [-0.05, 0) is 6.42 Å². The van der Waals surface area contributed by atoms with E-state index < -0.39 is 12.0 Å². The smallest absolute Gasteiger partial charge is 0.320 e. The number of aliphatic carboxylic acids is 1. The van der Waals surface area contributed by atoms with E-state index >= 15 is 0 Å². The van der Waals surface area contributed by atoms with Crippen LogP contribution >= 0.6 is 0 Å². The number of ether oxygens (including phenoxy) is 1. The number of carboxylic acid groups (broad SMARTS) is 1. The van der Waals surface area contributed by atoms with Gasteiger partial charge in [0, 0.05) is 0 Å². The Hall–Kier alpha value is -0.650. The minimum absolute atomic E-state index is 0.104. The Bertz CT molecular complexity index is 107. The van der Waals surface area contributed by atoms with Gasteiger partial charge in [0.2, 0.25) is 0 Å². The number of nitrogens with two attached hydrogens (primary N) is 2. The topological polar surface area (TPSA) is 98.6 Å². The van der Waals surface area contributed by atoms with Crippen molar-refractivity contribution in [2.45, 2.75) is 12.5 Å². The van der Waals surface area contributed by atoms with Crippen molar-refractivity contribution in [1.82, 2.24) is 0 Å². The number of rotatable bonds is 5. The zero-order valence-electron chi connectivity index (χ0n) is 5.62. The third kappa shape index (κ3) is 4.25. The van der Waals surface area contributed by atoms with Crippen LogP contribution in [0.2, 0.25) is 0 Å². The maximum atomic E-state index is 10.1. The average molecular weight is 148 g/mol. The SMILES string of the molecule is NCOCCC(N)C(=O)O. The van der Waals surface area contributed by atoms with E-state index in [-0.39, 0.29) is 6.73 Å². The summed E-state index contributed by atoms with van der Waals surface area (Å²) < 4.78 is 4.69. The molecule has 5 N–H and O–H groups in total. The van der Waals surface area contributed by atoms with Crippen LogP contribution in [0.3, 0.4) is 0 Å². The fourth-order valence-electron chi connectivity index (χ4n) is 0.417. The molecule has 0 heterocycles. The molecule has 0 bridgehead atoms. The first-order valence-electron chi connectivity index (χ1n) is 2.94. The Morgan fingerprint density at radius 1 is 1.70 bits per heavy atom. The van der Waals surface area contributed by atoms with Gasteiger partial charge in [-0.1, -0.05) is 0 Å². The van der Waals surface area contributed by atoms with Crippen LogP contribution in [0, 0.1) is 0 Å². The van der Waals surface area contributed by atoms with Gasteiger partial charge in [0.15, 0.2) is 0 Å². The van der Waals surface area contributed by atoms with Crippen molar-refractivity contribution in [3.8, 4) is 0 Å². The molecule has 0 rings (SSSR count). The molecule has 0 spiro atoms. The van der Waals surface area contributed by atoms with Crippen molar-refractivity contribution in [3.63, 3.8) is 0 Å². The average Bonchev–Trinajstić information content (AvgIpc) is 1.88. The summed E-state index contributed by atoms with van der Waals surface area (Å²) in [6, 6.07) is -0.841. The highest BCUT2D eigenvalue weighted by molar-refractivity contribution is 5.72. The fraction of sp³-hybridized carbons (Fsp3) is 0.800. The molecule has 0 aromatic rings. The highest BCUT2D eigenvalue weighted by Crippen LogP contribution is 1.87. The minimum atomic E-state index is -1.01. The van der Waals surface area contributed by atoms with E-state index in [1.165, 1.54) is 0 Å². The largest absolute Gasteiger partial charge is 0.480 e. The van der Waals surface area contributed by atoms with Gasteiger partial charge in [0.1, 0.15) is 6.04 Å². The zero-order valence-corrected chi connectivity index (χ0v) is 5.62. The first kappa shape index (κ1) is 9.35. The van der Waals surface area contributed by atoms with Crippen molar-refractivity contribution < 1.29 is 14.6 Å². The van der Waals surface area contributed by atoms with Gasteiger partial charge >= 0.3 is 5.97 Å². The molecule has 0 radical (unpaired) electrons. The first-order chi connectivity index (χ1) is 4.68.